The van der Waals surface area contributed by atoms with Gasteiger partial charge in [0, 0.05) is 42.2 Å². The monoisotopic (exact) mass is 564 g/mol. The number of nitrogens with zero attached hydrogens (tertiary/aromatic N) is 3. The molecule has 2 unspecified atom stereocenters. The maximum absolute atomic E-state index is 13.4. The fourth-order valence-electron chi connectivity index (χ4n) is 5.59. The van der Waals surface area contributed by atoms with Crippen LogP contribution in [0.25, 0.3) is 11.0 Å². The number of amides is 4. The van der Waals surface area contributed by atoms with Crippen LogP contribution in [-0.4, -0.2) is 69.1 Å². The largest absolute Gasteiger partial charge is 0.368 e. The number of nitrogens with one attached hydrogen (secondary N) is 2. The van der Waals surface area contributed by atoms with Gasteiger partial charge in [-0.2, -0.15) is 0 Å². The molecular weight excluding hydrogens is 532 g/mol. The number of aromatic nitrogens is 2. The van der Waals surface area contributed by atoms with Gasteiger partial charge in [0.25, 0.3) is 11.8 Å². The average Bonchev–Trinajstić information content (AvgIpc) is 3.70. The molecule has 1 aromatic heterocycles. The number of rotatable bonds is 8. The van der Waals surface area contributed by atoms with Crippen LogP contribution in [0.2, 0.25) is 5.02 Å². The molecule has 0 saturated carbocycles. The van der Waals surface area contributed by atoms with Gasteiger partial charge in [-0.05, 0) is 81.0 Å². The molecule has 5 rings (SSSR count). The van der Waals surface area contributed by atoms with E-state index in [0.29, 0.717) is 46.0 Å². The van der Waals surface area contributed by atoms with Gasteiger partial charge < -0.3 is 25.8 Å². The Morgan fingerprint density at radius 1 is 1.10 bits per heavy atom. The van der Waals surface area contributed by atoms with Crippen molar-refractivity contribution in [3.63, 3.8) is 0 Å². The first-order valence-corrected chi connectivity index (χ1v) is 14.0. The summed E-state index contributed by atoms with van der Waals surface area (Å²) in [7, 11) is 0. The zero-order valence-electron chi connectivity index (χ0n) is 22.4. The molecule has 2 fully saturated rings. The van der Waals surface area contributed by atoms with Crippen LogP contribution in [0.4, 0.5) is 0 Å². The van der Waals surface area contributed by atoms with E-state index >= 15 is 0 Å². The van der Waals surface area contributed by atoms with Crippen molar-refractivity contribution in [2.24, 2.45) is 5.73 Å². The van der Waals surface area contributed by atoms with Crippen molar-refractivity contribution in [2.75, 3.05) is 19.6 Å². The highest BCUT2D eigenvalue weighted by Gasteiger charge is 2.33. The van der Waals surface area contributed by atoms with Crippen molar-refractivity contribution in [3.05, 3.63) is 63.9 Å². The van der Waals surface area contributed by atoms with Crippen LogP contribution in [0.5, 0.6) is 0 Å². The van der Waals surface area contributed by atoms with E-state index in [2.05, 4.69) is 15.3 Å². The summed E-state index contributed by atoms with van der Waals surface area (Å²) in [5.74, 6) is -0.582. The maximum atomic E-state index is 13.4. The van der Waals surface area contributed by atoms with Gasteiger partial charge in [-0.3, -0.25) is 19.2 Å². The topological polar surface area (TPSA) is 141 Å². The van der Waals surface area contributed by atoms with Gasteiger partial charge in [0.1, 0.15) is 11.9 Å². The second-order valence-electron chi connectivity index (χ2n) is 10.5. The highest BCUT2D eigenvalue weighted by Crippen LogP contribution is 2.25. The molecule has 210 valence electrons. The lowest BCUT2D eigenvalue weighted by atomic mass is 10.0. The summed E-state index contributed by atoms with van der Waals surface area (Å²) in [4.78, 5) is 62.4. The van der Waals surface area contributed by atoms with E-state index in [0.717, 1.165) is 37.9 Å². The minimum atomic E-state index is -0.622. The number of carbonyl (C=O) groups excluding carboxylic acids is 4. The van der Waals surface area contributed by atoms with Gasteiger partial charge in [-0.25, -0.2) is 4.98 Å². The third-order valence-electron chi connectivity index (χ3n) is 7.76. The number of fused-ring (bicyclic) bond motifs is 1. The fourth-order valence-corrected chi connectivity index (χ4v) is 5.77. The molecule has 2 aliphatic heterocycles. The Balaban J connectivity index is 1.35. The third kappa shape index (κ3) is 5.82. The summed E-state index contributed by atoms with van der Waals surface area (Å²) in [6.45, 7) is 3.81. The standard InChI is InChI=1S/C29H33ClN6O4/c1-17-15-18(6-8-20(17)29(40)35-12-2-3-13-35)28(39)34-22(27-32-21-9-7-19(30)16-23(21)33-27)10-11-25(37)36-14-4-5-24(36)26(31)38/h6-9,15-16,22,24H,2-5,10-14H2,1H3,(H2,31,38)(H,32,33)(H,34,39). The predicted molar refractivity (Wildman–Crippen MR) is 151 cm³/mol. The first kappa shape index (κ1) is 27.6. The lowest BCUT2D eigenvalue weighted by Gasteiger charge is -2.23. The van der Waals surface area contributed by atoms with Crippen LogP contribution in [-0.2, 0) is 9.59 Å². The van der Waals surface area contributed by atoms with Gasteiger partial charge in [0.2, 0.25) is 11.8 Å². The maximum Gasteiger partial charge on any atom is 0.254 e. The summed E-state index contributed by atoms with van der Waals surface area (Å²) in [5.41, 5.74) is 8.60. The predicted octanol–water partition coefficient (Wildman–Crippen LogP) is 3.49. The summed E-state index contributed by atoms with van der Waals surface area (Å²) in [6.07, 6.45) is 3.63. The molecule has 4 amide bonds. The molecule has 2 saturated heterocycles. The zero-order chi connectivity index (χ0) is 28.4. The summed E-state index contributed by atoms with van der Waals surface area (Å²) < 4.78 is 0. The molecule has 0 radical (unpaired) electrons. The Kier molecular flexibility index (Phi) is 8.07. The van der Waals surface area contributed by atoms with E-state index in [1.807, 2.05) is 11.8 Å². The van der Waals surface area contributed by atoms with E-state index in [1.165, 1.54) is 4.90 Å². The van der Waals surface area contributed by atoms with Gasteiger partial charge in [0.05, 0.1) is 17.1 Å². The number of aryl methyl sites for hydroxylation is 1. The van der Waals surface area contributed by atoms with Crippen LogP contribution in [0.3, 0.4) is 0 Å². The van der Waals surface area contributed by atoms with Gasteiger partial charge >= 0.3 is 0 Å². The number of likely N-dealkylation sites (tertiary alicyclic amines) is 2. The van der Waals surface area contributed by atoms with E-state index in [-0.39, 0.29) is 30.6 Å². The molecule has 2 aromatic carbocycles. The SMILES string of the molecule is Cc1cc(C(=O)NC(CCC(=O)N2CCCC2C(N)=O)c2nc3ccc(Cl)cc3[nH]2)ccc1C(=O)N1CCCC1. The van der Waals surface area contributed by atoms with Gasteiger partial charge in [-0.15, -0.1) is 0 Å². The summed E-state index contributed by atoms with van der Waals surface area (Å²) in [5, 5.41) is 3.56. The van der Waals surface area contributed by atoms with E-state index < -0.39 is 18.0 Å². The number of H-pyrrole nitrogens is 1. The smallest absolute Gasteiger partial charge is 0.254 e. The Morgan fingerprint density at radius 3 is 2.60 bits per heavy atom. The molecule has 3 heterocycles. The van der Waals surface area contributed by atoms with Crippen LogP contribution < -0.4 is 11.1 Å². The van der Waals surface area contributed by atoms with Crippen LogP contribution in [0, 0.1) is 6.92 Å². The number of aromatic amines is 1. The highest BCUT2D eigenvalue weighted by atomic mass is 35.5. The molecule has 2 atom stereocenters. The van der Waals surface area contributed by atoms with E-state index in [1.54, 1.807) is 36.4 Å². The van der Waals surface area contributed by atoms with E-state index in [4.69, 9.17) is 17.3 Å². The zero-order valence-corrected chi connectivity index (χ0v) is 23.2. The van der Waals surface area contributed by atoms with Crippen LogP contribution >= 0.6 is 11.6 Å². The Hall–Kier alpha value is -3.92. The third-order valence-corrected chi connectivity index (χ3v) is 7.99. The molecule has 4 N–H and O–H groups in total. The average molecular weight is 565 g/mol. The molecule has 3 aromatic rings. The first-order chi connectivity index (χ1) is 19.2. The number of hydrogen-bond donors (Lipinski definition) is 3. The Labute approximate surface area is 237 Å². The second kappa shape index (κ2) is 11.7. The molecule has 0 bridgehead atoms. The minimum Gasteiger partial charge on any atom is -0.368 e. The number of nitrogens with two attached hydrogens (primary N) is 1. The molecule has 0 spiro atoms. The van der Waals surface area contributed by atoms with Crippen molar-refractivity contribution in [1.29, 1.82) is 0 Å². The first-order valence-electron chi connectivity index (χ1n) is 13.7. The van der Waals surface area contributed by atoms with Crippen molar-refractivity contribution < 1.29 is 19.2 Å². The Morgan fingerprint density at radius 2 is 1.88 bits per heavy atom. The Bertz CT molecular complexity index is 1460. The van der Waals surface area contributed by atoms with Gasteiger partial charge in [0.15, 0.2) is 0 Å². The summed E-state index contributed by atoms with van der Waals surface area (Å²) in [6, 6.07) is 9.10. The second-order valence-corrected chi connectivity index (χ2v) is 11.0. The van der Waals surface area contributed by atoms with Crippen molar-refractivity contribution >= 4 is 46.3 Å². The number of halogens is 1. The van der Waals surface area contributed by atoms with Crippen LogP contribution in [0.1, 0.15) is 76.7 Å². The number of benzene rings is 2. The number of imidazole rings is 1. The molecule has 2 aliphatic rings. The molecule has 40 heavy (non-hydrogen) atoms. The lowest BCUT2D eigenvalue weighted by molar-refractivity contribution is -0.137. The highest BCUT2D eigenvalue weighted by molar-refractivity contribution is 6.31. The van der Waals surface area contributed by atoms with Crippen LogP contribution in [0.15, 0.2) is 36.4 Å². The minimum absolute atomic E-state index is 0.0181. The number of primary amides is 1. The molecular formula is C29H33ClN6O4. The molecule has 11 heteroatoms. The quantitative estimate of drug-likeness (QED) is 0.384. The van der Waals surface area contributed by atoms with Crippen molar-refractivity contribution in [1.82, 2.24) is 25.1 Å². The normalized spacial score (nSPS) is 17.8. The van der Waals surface area contributed by atoms with Crippen molar-refractivity contribution in [2.45, 2.75) is 57.5 Å². The molecule has 0 aliphatic carbocycles. The summed E-state index contributed by atoms with van der Waals surface area (Å²) >= 11 is 6.15. The fraction of sp³-hybridized carbons (Fsp3) is 0.414. The van der Waals surface area contributed by atoms with Gasteiger partial charge in [-0.1, -0.05) is 11.6 Å². The number of carbonyl (C=O) groups is 4. The van der Waals surface area contributed by atoms with Crippen molar-refractivity contribution in [3.8, 4) is 0 Å². The lowest BCUT2D eigenvalue weighted by Crippen LogP contribution is -2.44. The van der Waals surface area contributed by atoms with E-state index in [9.17, 15) is 19.2 Å². The number of hydrogen-bond acceptors (Lipinski definition) is 5. The molecule has 10 nitrogen and oxygen atoms in total.